The van der Waals surface area contributed by atoms with Crippen LogP contribution in [-0.2, 0) is 9.59 Å². The van der Waals surface area contributed by atoms with Crippen molar-refractivity contribution in [2.45, 2.75) is 63.0 Å². The Morgan fingerprint density at radius 3 is 2.48 bits per heavy atom. The van der Waals surface area contributed by atoms with Crippen LogP contribution in [0.4, 0.5) is 4.39 Å². The molecule has 1 unspecified atom stereocenters. The zero-order valence-corrected chi connectivity index (χ0v) is 16.4. The number of ketones is 2. The number of aliphatic hydroxyl groups is 5. The van der Waals surface area contributed by atoms with Gasteiger partial charge in [0.15, 0.2) is 22.8 Å². The van der Waals surface area contributed by atoms with Crippen LogP contribution >= 0.6 is 0 Å². The Hall–Kier alpha value is -1.61. The molecular formula is C21H27FO7. The van der Waals surface area contributed by atoms with Crippen molar-refractivity contribution >= 4 is 11.6 Å². The number of allylic oxidation sites excluding steroid dienone is 3. The second-order valence-electron chi connectivity index (χ2n) is 9.48. The van der Waals surface area contributed by atoms with Gasteiger partial charge in [-0.15, -0.1) is 0 Å². The fourth-order valence-corrected chi connectivity index (χ4v) is 6.95. The number of carbonyl (C=O) groups is 2. The molecule has 0 aromatic rings. The van der Waals surface area contributed by atoms with Gasteiger partial charge in [-0.2, -0.15) is 0 Å². The van der Waals surface area contributed by atoms with E-state index in [1.807, 2.05) is 0 Å². The molecule has 5 N–H and O–H groups in total. The molecule has 3 fully saturated rings. The van der Waals surface area contributed by atoms with Crippen LogP contribution in [0.1, 0.15) is 39.5 Å². The first-order valence-electron chi connectivity index (χ1n) is 9.96. The summed E-state index contributed by atoms with van der Waals surface area (Å²) in [6, 6.07) is 0. The Bertz CT molecular complexity index is 852. The zero-order valence-electron chi connectivity index (χ0n) is 16.4. The van der Waals surface area contributed by atoms with Crippen LogP contribution < -0.4 is 0 Å². The standard InChI is InChI=1S/C21H27FO7/c1-18-8-16(27)20(22)12(13(18)7-15(26)21(18,29)17(28)9-23)4-3-10-5-11(24)6-14(25)19(10,20)2/h5-6,12-13,15-16,23-24,26-27,29H,3-4,7-9H2,1-2H3/t12-,13-,15+,16-,18-,19+,20-,21?/m0/s1. The van der Waals surface area contributed by atoms with E-state index in [0.29, 0.717) is 12.0 Å². The number of rotatable bonds is 2. The highest BCUT2D eigenvalue weighted by Crippen LogP contribution is 2.69. The van der Waals surface area contributed by atoms with Gasteiger partial charge in [-0.05, 0) is 50.2 Å². The fourth-order valence-electron chi connectivity index (χ4n) is 6.95. The normalized spacial score (nSPS) is 51.5. The highest BCUT2D eigenvalue weighted by Gasteiger charge is 2.77. The smallest absolute Gasteiger partial charge is 0.192 e. The molecule has 4 aliphatic carbocycles. The summed E-state index contributed by atoms with van der Waals surface area (Å²) in [7, 11) is 0. The number of Topliss-reactive ketones (excluding diaryl/α,β-unsaturated/α-hetero) is 1. The van der Waals surface area contributed by atoms with Gasteiger partial charge in [0.1, 0.15) is 12.4 Å². The van der Waals surface area contributed by atoms with E-state index in [1.54, 1.807) is 0 Å². The van der Waals surface area contributed by atoms with Gasteiger partial charge in [-0.25, -0.2) is 4.39 Å². The average Bonchev–Trinajstić information content (AvgIpc) is 2.85. The summed E-state index contributed by atoms with van der Waals surface area (Å²) in [5.74, 6) is -3.43. The van der Waals surface area contributed by atoms with E-state index in [1.165, 1.54) is 19.9 Å². The molecule has 8 atom stereocenters. The quantitative estimate of drug-likeness (QED) is 0.447. The summed E-state index contributed by atoms with van der Waals surface area (Å²) < 4.78 is 16.9. The molecule has 4 aliphatic rings. The van der Waals surface area contributed by atoms with E-state index in [0.717, 1.165) is 6.08 Å². The van der Waals surface area contributed by atoms with E-state index in [-0.39, 0.29) is 25.0 Å². The molecule has 0 radical (unpaired) electrons. The van der Waals surface area contributed by atoms with Crippen LogP contribution in [0.5, 0.6) is 0 Å². The molecule has 3 saturated carbocycles. The van der Waals surface area contributed by atoms with Gasteiger partial charge < -0.3 is 25.5 Å². The summed E-state index contributed by atoms with van der Waals surface area (Å²) in [6.45, 7) is 1.98. The van der Waals surface area contributed by atoms with Gasteiger partial charge in [0.2, 0.25) is 0 Å². The van der Waals surface area contributed by atoms with Gasteiger partial charge in [0.05, 0.1) is 17.6 Å². The molecule has 4 rings (SSSR count). The molecule has 0 saturated heterocycles. The average molecular weight is 410 g/mol. The molecule has 0 heterocycles. The molecule has 0 amide bonds. The summed E-state index contributed by atoms with van der Waals surface area (Å²) in [6.07, 6.45) is -0.769. The van der Waals surface area contributed by atoms with Crippen molar-refractivity contribution < 1.29 is 39.5 Å². The molecular weight excluding hydrogens is 383 g/mol. The lowest BCUT2D eigenvalue weighted by atomic mass is 9.44. The number of hydrogen-bond acceptors (Lipinski definition) is 7. The Morgan fingerprint density at radius 2 is 1.86 bits per heavy atom. The van der Waals surface area contributed by atoms with Gasteiger partial charge in [-0.3, -0.25) is 9.59 Å². The van der Waals surface area contributed by atoms with E-state index < -0.39 is 64.3 Å². The lowest BCUT2D eigenvalue weighted by molar-refractivity contribution is -0.226. The number of fused-ring (bicyclic) bond motifs is 5. The number of halogens is 1. The van der Waals surface area contributed by atoms with Crippen LogP contribution in [0.15, 0.2) is 23.5 Å². The van der Waals surface area contributed by atoms with Crippen molar-refractivity contribution in [2.75, 3.05) is 6.61 Å². The zero-order chi connectivity index (χ0) is 21.6. The van der Waals surface area contributed by atoms with Crippen molar-refractivity contribution in [3.05, 3.63) is 23.5 Å². The largest absolute Gasteiger partial charge is 0.508 e. The topological polar surface area (TPSA) is 135 Å². The maximum Gasteiger partial charge on any atom is 0.192 e. The Kier molecular flexibility index (Phi) is 4.25. The van der Waals surface area contributed by atoms with Crippen molar-refractivity contribution in [1.82, 2.24) is 0 Å². The lowest BCUT2D eigenvalue weighted by Gasteiger charge is -2.62. The summed E-state index contributed by atoms with van der Waals surface area (Å²) >= 11 is 0. The Labute approximate surface area is 167 Å². The fraction of sp³-hybridized carbons (Fsp3) is 0.714. The molecule has 8 heteroatoms. The third-order valence-corrected chi connectivity index (χ3v) is 8.57. The summed E-state index contributed by atoms with van der Waals surface area (Å²) in [4.78, 5) is 25.3. The third kappa shape index (κ3) is 2.10. The lowest BCUT2D eigenvalue weighted by Crippen LogP contribution is -2.71. The van der Waals surface area contributed by atoms with Crippen LogP contribution in [0.2, 0.25) is 0 Å². The first kappa shape index (κ1) is 20.7. The Morgan fingerprint density at radius 1 is 1.21 bits per heavy atom. The van der Waals surface area contributed by atoms with Gasteiger partial charge in [0, 0.05) is 17.4 Å². The number of alkyl halides is 1. The number of hydrogen-bond donors (Lipinski definition) is 5. The summed E-state index contributed by atoms with van der Waals surface area (Å²) in [5.41, 5.74) is -7.33. The molecule has 0 spiro atoms. The van der Waals surface area contributed by atoms with Gasteiger partial charge in [0.25, 0.3) is 0 Å². The molecule has 0 aromatic heterocycles. The van der Waals surface area contributed by atoms with E-state index >= 15 is 4.39 Å². The van der Waals surface area contributed by atoms with Crippen LogP contribution in [-0.4, -0.2) is 67.2 Å². The molecule has 29 heavy (non-hydrogen) atoms. The minimum atomic E-state index is -2.39. The van der Waals surface area contributed by atoms with Crippen LogP contribution in [0.3, 0.4) is 0 Å². The van der Waals surface area contributed by atoms with E-state index in [4.69, 9.17) is 0 Å². The Balaban J connectivity index is 1.86. The second kappa shape index (κ2) is 5.97. The summed E-state index contributed by atoms with van der Waals surface area (Å²) in [5, 5.41) is 51.9. The van der Waals surface area contributed by atoms with Crippen molar-refractivity contribution in [2.24, 2.45) is 22.7 Å². The van der Waals surface area contributed by atoms with Crippen LogP contribution in [0.25, 0.3) is 0 Å². The first-order chi connectivity index (χ1) is 13.4. The second-order valence-corrected chi connectivity index (χ2v) is 9.48. The van der Waals surface area contributed by atoms with E-state index in [9.17, 15) is 35.1 Å². The number of aliphatic hydroxyl groups excluding tert-OH is 4. The predicted molar refractivity (Wildman–Crippen MR) is 98.4 cm³/mol. The first-order valence-corrected chi connectivity index (χ1v) is 9.96. The maximum absolute atomic E-state index is 16.9. The number of carbonyl (C=O) groups excluding carboxylic acids is 2. The van der Waals surface area contributed by atoms with Gasteiger partial charge in [-0.1, -0.05) is 6.92 Å². The predicted octanol–water partition coefficient (Wildman–Crippen LogP) is 0.506. The molecule has 0 aromatic carbocycles. The molecule has 7 nitrogen and oxygen atoms in total. The minimum Gasteiger partial charge on any atom is -0.508 e. The maximum atomic E-state index is 16.9. The van der Waals surface area contributed by atoms with Crippen LogP contribution in [0, 0.1) is 22.7 Å². The van der Waals surface area contributed by atoms with Crippen molar-refractivity contribution in [3.63, 3.8) is 0 Å². The minimum absolute atomic E-state index is 0.0772. The van der Waals surface area contributed by atoms with Crippen molar-refractivity contribution in [3.8, 4) is 0 Å². The van der Waals surface area contributed by atoms with Gasteiger partial charge >= 0.3 is 0 Å². The highest BCUT2D eigenvalue weighted by atomic mass is 19.1. The molecule has 0 bridgehead atoms. The van der Waals surface area contributed by atoms with E-state index in [2.05, 4.69) is 0 Å². The third-order valence-electron chi connectivity index (χ3n) is 8.57. The van der Waals surface area contributed by atoms with Crippen molar-refractivity contribution in [1.29, 1.82) is 0 Å². The molecule has 160 valence electrons. The highest BCUT2D eigenvalue weighted by molar-refractivity contribution is 6.00. The monoisotopic (exact) mass is 410 g/mol. The SMILES string of the molecule is C[C@]12C(=O)C=C(O)C=C1CC[C@H]1[C@@H]3C[C@@H](O)C(O)(C(=O)CO)[C@@]3(C)C[C@H](O)[C@@]12F. The molecule has 0 aliphatic heterocycles.